The molecule has 1 aliphatic heterocycles. The van der Waals surface area contributed by atoms with E-state index in [0.717, 1.165) is 11.3 Å². The van der Waals surface area contributed by atoms with E-state index in [0.29, 0.717) is 32.5 Å². The molecule has 0 saturated carbocycles. The zero-order valence-corrected chi connectivity index (χ0v) is 14.1. The van der Waals surface area contributed by atoms with Crippen LogP contribution in [-0.4, -0.2) is 43.1 Å². The maximum absolute atomic E-state index is 12.2. The predicted molar refractivity (Wildman–Crippen MR) is 87.3 cm³/mol. The number of carbonyl (C=O) groups excluding carboxylic acids is 2. The lowest BCUT2D eigenvalue weighted by Crippen LogP contribution is -2.42. The zero-order valence-electron chi connectivity index (χ0n) is 14.1. The molecule has 23 heavy (non-hydrogen) atoms. The van der Waals surface area contributed by atoms with Gasteiger partial charge in [0, 0.05) is 13.1 Å². The minimum absolute atomic E-state index is 0.0349. The van der Waals surface area contributed by atoms with Gasteiger partial charge in [-0.1, -0.05) is 17.7 Å². The molecule has 0 aromatic heterocycles. The molecule has 1 aromatic rings. The van der Waals surface area contributed by atoms with Crippen molar-refractivity contribution in [3.63, 3.8) is 0 Å². The van der Waals surface area contributed by atoms with E-state index in [1.165, 1.54) is 5.56 Å². The van der Waals surface area contributed by atoms with Gasteiger partial charge in [0.15, 0.2) is 6.61 Å². The van der Waals surface area contributed by atoms with Crippen molar-refractivity contribution in [2.75, 3.05) is 26.3 Å². The Kier molecular flexibility index (Phi) is 6.02. The van der Waals surface area contributed by atoms with Crippen molar-refractivity contribution in [1.29, 1.82) is 0 Å². The number of hydrogen-bond donors (Lipinski definition) is 0. The number of rotatable bonds is 5. The van der Waals surface area contributed by atoms with Gasteiger partial charge in [0.05, 0.1) is 12.5 Å². The molecule has 0 atom stereocenters. The van der Waals surface area contributed by atoms with Crippen molar-refractivity contribution in [2.45, 2.75) is 33.6 Å². The van der Waals surface area contributed by atoms with Gasteiger partial charge in [-0.15, -0.1) is 0 Å². The highest BCUT2D eigenvalue weighted by atomic mass is 16.5. The zero-order chi connectivity index (χ0) is 16.8. The van der Waals surface area contributed by atoms with Crippen molar-refractivity contribution < 1.29 is 19.1 Å². The van der Waals surface area contributed by atoms with Gasteiger partial charge in [0.1, 0.15) is 5.75 Å². The molecular formula is C18H25NO4. The second-order valence-corrected chi connectivity index (χ2v) is 5.96. The molecule has 0 N–H and O–H groups in total. The van der Waals surface area contributed by atoms with Crippen molar-refractivity contribution in [1.82, 2.24) is 4.90 Å². The number of piperidine rings is 1. The molecule has 1 aromatic carbocycles. The third-order valence-electron chi connectivity index (χ3n) is 4.15. The van der Waals surface area contributed by atoms with Gasteiger partial charge in [0.2, 0.25) is 0 Å². The van der Waals surface area contributed by atoms with E-state index in [2.05, 4.69) is 0 Å². The van der Waals surface area contributed by atoms with Crippen LogP contribution in [0.2, 0.25) is 0 Å². The summed E-state index contributed by atoms with van der Waals surface area (Å²) in [7, 11) is 0. The first-order chi connectivity index (χ1) is 11.0. The molecule has 0 unspecified atom stereocenters. The van der Waals surface area contributed by atoms with Gasteiger partial charge < -0.3 is 14.4 Å². The predicted octanol–water partition coefficient (Wildman–Crippen LogP) is 2.48. The van der Waals surface area contributed by atoms with Crippen LogP contribution < -0.4 is 4.74 Å². The van der Waals surface area contributed by atoms with Gasteiger partial charge in [0.25, 0.3) is 5.91 Å². The van der Waals surface area contributed by atoms with Crippen LogP contribution >= 0.6 is 0 Å². The van der Waals surface area contributed by atoms with Gasteiger partial charge in [-0.05, 0) is 45.2 Å². The Labute approximate surface area is 137 Å². The van der Waals surface area contributed by atoms with Gasteiger partial charge in [-0.25, -0.2) is 0 Å². The maximum atomic E-state index is 12.2. The first-order valence-electron chi connectivity index (χ1n) is 8.15. The molecule has 1 amide bonds. The van der Waals surface area contributed by atoms with Crippen molar-refractivity contribution in [2.24, 2.45) is 5.92 Å². The molecule has 5 heteroatoms. The first-order valence-corrected chi connectivity index (χ1v) is 8.15. The summed E-state index contributed by atoms with van der Waals surface area (Å²) in [5.41, 5.74) is 2.20. The monoisotopic (exact) mass is 319 g/mol. The number of nitrogens with zero attached hydrogens (tertiary/aromatic N) is 1. The van der Waals surface area contributed by atoms with Crippen molar-refractivity contribution in [3.8, 4) is 5.75 Å². The van der Waals surface area contributed by atoms with Crippen LogP contribution in [0.5, 0.6) is 5.75 Å². The number of likely N-dealkylation sites (tertiary alicyclic amines) is 1. The van der Waals surface area contributed by atoms with Gasteiger partial charge in [-0.2, -0.15) is 0 Å². The summed E-state index contributed by atoms with van der Waals surface area (Å²) < 4.78 is 10.7. The molecule has 0 radical (unpaired) electrons. The first kappa shape index (κ1) is 17.3. The average molecular weight is 319 g/mol. The lowest BCUT2D eigenvalue weighted by Gasteiger charge is -2.30. The summed E-state index contributed by atoms with van der Waals surface area (Å²) in [6.07, 6.45) is 1.32. The highest BCUT2D eigenvalue weighted by Gasteiger charge is 2.28. The molecule has 1 fully saturated rings. The second-order valence-electron chi connectivity index (χ2n) is 5.96. The Hall–Kier alpha value is -2.04. The summed E-state index contributed by atoms with van der Waals surface area (Å²) in [4.78, 5) is 25.7. The Balaban J connectivity index is 1.80. The van der Waals surface area contributed by atoms with Crippen molar-refractivity contribution in [3.05, 3.63) is 29.3 Å². The van der Waals surface area contributed by atoms with E-state index >= 15 is 0 Å². The van der Waals surface area contributed by atoms with Crippen LogP contribution in [0.25, 0.3) is 0 Å². The Morgan fingerprint density at radius 2 is 1.91 bits per heavy atom. The van der Waals surface area contributed by atoms with Crippen LogP contribution in [0.3, 0.4) is 0 Å². The van der Waals surface area contributed by atoms with E-state index in [-0.39, 0.29) is 24.4 Å². The molecule has 0 spiro atoms. The minimum atomic E-state index is -0.147. The fourth-order valence-corrected chi connectivity index (χ4v) is 2.82. The number of hydrogen-bond acceptors (Lipinski definition) is 4. The van der Waals surface area contributed by atoms with E-state index in [1.807, 2.05) is 32.0 Å². The normalized spacial score (nSPS) is 15.3. The number of carbonyl (C=O) groups is 2. The molecule has 5 nitrogen and oxygen atoms in total. The van der Waals surface area contributed by atoms with E-state index in [9.17, 15) is 9.59 Å². The average Bonchev–Trinajstić information content (AvgIpc) is 2.54. The van der Waals surface area contributed by atoms with E-state index in [1.54, 1.807) is 11.8 Å². The molecule has 0 bridgehead atoms. The molecule has 126 valence electrons. The quantitative estimate of drug-likeness (QED) is 0.783. The Morgan fingerprint density at radius 3 is 2.52 bits per heavy atom. The van der Waals surface area contributed by atoms with Crippen LogP contribution in [-0.2, 0) is 14.3 Å². The molecular weight excluding hydrogens is 294 g/mol. The van der Waals surface area contributed by atoms with E-state index in [4.69, 9.17) is 9.47 Å². The number of aryl methyl sites for hydroxylation is 2. The third kappa shape index (κ3) is 4.71. The lowest BCUT2D eigenvalue weighted by atomic mass is 9.97. The number of amides is 1. The van der Waals surface area contributed by atoms with Crippen LogP contribution in [0.4, 0.5) is 0 Å². The highest BCUT2D eigenvalue weighted by Crippen LogP contribution is 2.21. The Bertz CT molecular complexity index is 562. The van der Waals surface area contributed by atoms with Crippen LogP contribution in [0.15, 0.2) is 18.2 Å². The lowest BCUT2D eigenvalue weighted by molar-refractivity contribution is -0.151. The fraction of sp³-hybridized carbons (Fsp3) is 0.556. The van der Waals surface area contributed by atoms with Gasteiger partial charge >= 0.3 is 5.97 Å². The summed E-state index contributed by atoms with van der Waals surface area (Å²) in [6, 6.07) is 5.90. The highest BCUT2D eigenvalue weighted by molar-refractivity contribution is 5.78. The topological polar surface area (TPSA) is 55.8 Å². The minimum Gasteiger partial charge on any atom is -0.484 e. The summed E-state index contributed by atoms with van der Waals surface area (Å²) in [6.45, 7) is 7.40. The molecule has 0 aliphatic carbocycles. The SMILES string of the molecule is CCOC(=O)C1CCN(C(=O)COc2ccc(C)cc2C)CC1. The number of esters is 1. The molecule has 2 rings (SSSR count). The Morgan fingerprint density at radius 1 is 1.22 bits per heavy atom. The maximum Gasteiger partial charge on any atom is 0.309 e. The molecule has 1 aliphatic rings. The van der Waals surface area contributed by atoms with E-state index < -0.39 is 0 Å². The summed E-state index contributed by atoms with van der Waals surface area (Å²) in [5.74, 6) is 0.475. The summed E-state index contributed by atoms with van der Waals surface area (Å²) >= 11 is 0. The van der Waals surface area contributed by atoms with Crippen LogP contribution in [0, 0.1) is 19.8 Å². The smallest absolute Gasteiger partial charge is 0.309 e. The second kappa shape index (κ2) is 7.99. The van der Waals surface area contributed by atoms with Gasteiger partial charge in [-0.3, -0.25) is 9.59 Å². The summed E-state index contributed by atoms with van der Waals surface area (Å²) in [5, 5.41) is 0. The van der Waals surface area contributed by atoms with Crippen LogP contribution in [0.1, 0.15) is 30.9 Å². The molecule has 1 heterocycles. The number of ether oxygens (including phenoxy) is 2. The third-order valence-corrected chi connectivity index (χ3v) is 4.15. The van der Waals surface area contributed by atoms with Crippen molar-refractivity contribution >= 4 is 11.9 Å². The molecule has 1 saturated heterocycles. The largest absolute Gasteiger partial charge is 0.484 e. The number of benzene rings is 1. The standard InChI is InChI=1S/C18H25NO4/c1-4-22-18(21)15-7-9-19(10-8-15)17(20)12-23-16-6-5-13(2)11-14(16)3/h5-6,11,15H,4,7-10,12H2,1-3H3. The fourth-order valence-electron chi connectivity index (χ4n) is 2.82.